The molecule has 7 nitrogen and oxygen atoms in total. The van der Waals surface area contributed by atoms with E-state index in [9.17, 15) is 23.9 Å². The van der Waals surface area contributed by atoms with Gasteiger partial charge in [-0.2, -0.15) is 0 Å². The van der Waals surface area contributed by atoms with Crippen LogP contribution in [0.1, 0.15) is 31.7 Å². The second-order valence-electron chi connectivity index (χ2n) is 6.37. The van der Waals surface area contributed by atoms with Crippen molar-refractivity contribution in [1.29, 1.82) is 0 Å². The van der Waals surface area contributed by atoms with Gasteiger partial charge in [0.1, 0.15) is 5.82 Å². The number of carbonyl (C=O) groups excluding carboxylic acids is 2. The van der Waals surface area contributed by atoms with E-state index < -0.39 is 24.0 Å². The summed E-state index contributed by atoms with van der Waals surface area (Å²) in [4.78, 5) is 37.2. The van der Waals surface area contributed by atoms with Crippen LogP contribution in [-0.4, -0.2) is 53.1 Å². The first-order chi connectivity index (χ1) is 12.3. The first-order valence-corrected chi connectivity index (χ1v) is 8.40. The lowest BCUT2D eigenvalue weighted by Gasteiger charge is -2.26. The van der Waals surface area contributed by atoms with Crippen molar-refractivity contribution in [2.24, 2.45) is 0 Å². The van der Waals surface area contributed by atoms with Crippen LogP contribution in [0.15, 0.2) is 24.3 Å². The van der Waals surface area contributed by atoms with E-state index >= 15 is 0 Å². The first-order valence-electron chi connectivity index (χ1n) is 8.40. The zero-order valence-electron chi connectivity index (χ0n) is 14.8. The number of benzene rings is 1. The highest BCUT2D eigenvalue weighted by Gasteiger charge is 2.34. The zero-order valence-corrected chi connectivity index (χ0v) is 14.8. The van der Waals surface area contributed by atoms with Gasteiger partial charge in [-0.25, -0.2) is 9.18 Å². The van der Waals surface area contributed by atoms with Gasteiger partial charge in [0.15, 0.2) is 6.04 Å². The predicted octanol–water partition coefficient (Wildman–Crippen LogP) is 1.31. The SMILES string of the molecule is CO[C@H](C)[C@H](NC(=O)C[C@@H]1CCC(=O)N1Cc1cccc(F)c1)C(=O)O. The molecule has 1 fully saturated rings. The van der Waals surface area contributed by atoms with Crippen molar-refractivity contribution in [3.63, 3.8) is 0 Å². The Morgan fingerprint density at radius 1 is 1.46 bits per heavy atom. The molecule has 0 saturated carbocycles. The van der Waals surface area contributed by atoms with Crippen LogP contribution in [0.25, 0.3) is 0 Å². The van der Waals surface area contributed by atoms with E-state index in [1.54, 1.807) is 24.0 Å². The summed E-state index contributed by atoms with van der Waals surface area (Å²) < 4.78 is 18.3. The molecule has 0 spiro atoms. The van der Waals surface area contributed by atoms with Gasteiger partial charge in [-0.3, -0.25) is 9.59 Å². The number of carboxylic acid groups (broad SMARTS) is 1. The minimum atomic E-state index is -1.19. The average Bonchev–Trinajstić information content (AvgIpc) is 2.92. The second-order valence-corrected chi connectivity index (χ2v) is 6.37. The second kappa shape index (κ2) is 8.75. The molecular weight excluding hydrogens is 343 g/mol. The number of nitrogens with one attached hydrogen (secondary N) is 1. The van der Waals surface area contributed by atoms with Crippen molar-refractivity contribution in [3.8, 4) is 0 Å². The maximum atomic E-state index is 13.3. The van der Waals surface area contributed by atoms with E-state index in [0.717, 1.165) is 0 Å². The number of carbonyl (C=O) groups is 3. The summed E-state index contributed by atoms with van der Waals surface area (Å²) >= 11 is 0. The smallest absolute Gasteiger partial charge is 0.328 e. The van der Waals surface area contributed by atoms with Gasteiger partial charge in [0.25, 0.3) is 0 Å². The number of aliphatic carboxylic acids is 1. The van der Waals surface area contributed by atoms with Crippen molar-refractivity contribution in [3.05, 3.63) is 35.6 Å². The predicted molar refractivity (Wildman–Crippen MR) is 90.6 cm³/mol. The Labute approximate surface area is 151 Å². The summed E-state index contributed by atoms with van der Waals surface area (Å²) in [5, 5.41) is 11.6. The van der Waals surface area contributed by atoms with Gasteiger partial charge < -0.3 is 20.1 Å². The molecule has 0 bridgehead atoms. The number of ether oxygens (including phenoxy) is 1. The van der Waals surface area contributed by atoms with Crippen LogP contribution in [-0.2, 0) is 25.7 Å². The standard InChI is InChI=1S/C18H23FN2O5/c1-11(26-2)17(18(24)25)20-15(22)9-14-6-7-16(23)21(14)10-12-4-3-5-13(19)8-12/h3-5,8,11,14,17H,6-7,9-10H2,1-2H3,(H,20,22)(H,24,25)/t11-,14+,17+/m1/s1. The number of carboxylic acids is 1. The minimum absolute atomic E-state index is 0.0126. The lowest BCUT2D eigenvalue weighted by atomic mass is 10.1. The van der Waals surface area contributed by atoms with Crippen LogP contribution in [0.5, 0.6) is 0 Å². The Balaban J connectivity index is 2.01. The number of halogens is 1. The summed E-state index contributed by atoms with van der Waals surface area (Å²) in [6, 6.07) is 4.44. The summed E-state index contributed by atoms with van der Waals surface area (Å²) in [5.74, 6) is -2.15. The van der Waals surface area contributed by atoms with Crippen LogP contribution in [0.4, 0.5) is 4.39 Å². The third kappa shape index (κ3) is 5.01. The molecule has 1 aromatic carbocycles. The number of likely N-dealkylation sites (tertiary alicyclic amines) is 1. The zero-order chi connectivity index (χ0) is 19.3. The molecule has 1 heterocycles. The maximum Gasteiger partial charge on any atom is 0.328 e. The molecule has 1 aliphatic rings. The fraction of sp³-hybridized carbons (Fsp3) is 0.500. The lowest BCUT2D eigenvalue weighted by Crippen LogP contribution is -2.49. The molecule has 1 aliphatic heterocycles. The molecule has 26 heavy (non-hydrogen) atoms. The van der Waals surface area contributed by atoms with Crippen molar-refractivity contribution < 1.29 is 28.6 Å². The molecule has 2 amide bonds. The maximum absolute atomic E-state index is 13.3. The van der Waals surface area contributed by atoms with Crippen LogP contribution in [0.2, 0.25) is 0 Å². The Hall–Kier alpha value is -2.48. The fourth-order valence-electron chi connectivity index (χ4n) is 3.02. The number of nitrogens with zero attached hydrogens (tertiary/aromatic N) is 1. The van der Waals surface area contributed by atoms with Crippen LogP contribution < -0.4 is 5.32 Å². The lowest BCUT2D eigenvalue weighted by molar-refractivity contribution is -0.145. The van der Waals surface area contributed by atoms with E-state index in [-0.39, 0.29) is 30.7 Å². The van der Waals surface area contributed by atoms with Gasteiger partial charge in [0, 0.05) is 32.5 Å². The number of hydrogen-bond acceptors (Lipinski definition) is 4. The van der Waals surface area contributed by atoms with Crippen LogP contribution in [0, 0.1) is 5.82 Å². The van der Waals surface area contributed by atoms with Crippen molar-refractivity contribution in [2.45, 2.75) is 50.9 Å². The van der Waals surface area contributed by atoms with E-state index in [4.69, 9.17) is 4.74 Å². The van der Waals surface area contributed by atoms with Crippen molar-refractivity contribution in [1.82, 2.24) is 10.2 Å². The Morgan fingerprint density at radius 2 is 2.19 bits per heavy atom. The largest absolute Gasteiger partial charge is 0.480 e. The molecule has 3 atom stereocenters. The third-order valence-corrected chi connectivity index (χ3v) is 4.54. The van der Waals surface area contributed by atoms with Gasteiger partial charge in [-0.05, 0) is 31.0 Å². The number of amides is 2. The topological polar surface area (TPSA) is 95.9 Å². The molecule has 1 aromatic rings. The third-order valence-electron chi connectivity index (χ3n) is 4.54. The molecule has 142 valence electrons. The molecule has 0 radical (unpaired) electrons. The molecule has 0 unspecified atom stereocenters. The first kappa shape index (κ1) is 19.8. The van der Waals surface area contributed by atoms with Gasteiger partial charge in [0.2, 0.25) is 11.8 Å². The van der Waals surface area contributed by atoms with Gasteiger partial charge in [-0.15, -0.1) is 0 Å². The van der Waals surface area contributed by atoms with E-state index in [1.807, 2.05) is 0 Å². The Morgan fingerprint density at radius 3 is 2.81 bits per heavy atom. The van der Waals surface area contributed by atoms with E-state index in [1.165, 1.54) is 19.2 Å². The van der Waals surface area contributed by atoms with Crippen molar-refractivity contribution in [2.75, 3.05) is 7.11 Å². The highest BCUT2D eigenvalue weighted by molar-refractivity contribution is 5.85. The molecule has 1 saturated heterocycles. The molecule has 2 rings (SSSR count). The summed E-state index contributed by atoms with van der Waals surface area (Å²) in [7, 11) is 1.36. The molecule has 2 N–H and O–H groups in total. The quantitative estimate of drug-likeness (QED) is 0.723. The van der Waals surface area contributed by atoms with Crippen molar-refractivity contribution >= 4 is 17.8 Å². The summed E-state index contributed by atoms with van der Waals surface area (Å²) in [5.41, 5.74) is 0.641. The summed E-state index contributed by atoms with van der Waals surface area (Å²) in [6.45, 7) is 1.76. The molecular formula is C18H23FN2O5. The normalized spacial score (nSPS) is 19.3. The van der Waals surface area contributed by atoms with Gasteiger partial charge in [-0.1, -0.05) is 12.1 Å². The Kier molecular flexibility index (Phi) is 6.68. The fourth-order valence-corrected chi connectivity index (χ4v) is 3.02. The molecule has 0 aliphatic carbocycles. The average molecular weight is 366 g/mol. The van der Waals surface area contributed by atoms with Gasteiger partial charge >= 0.3 is 5.97 Å². The van der Waals surface area contributed by atoms with Crippen LogP contribution >= 0.6 is 0 Å². The molecule has 8 heteroatoms. The van der Waals surface area contributed by atoms with Crippen LogP contribution in [0.3, 0.4) is 0 Å². The number of methoxy groups -OCH3 is 1. The number of rotatable bonds is 8. The van der Waals surface area contributed by atoms with Gasteiger partial charge in [0.05, 0.1) is 6.10 Å². The number of hydrogen-bond donors (Lipinski definition) is 2. The highest BCUT2D eigenvalue weighted by Crippen LogP contribution is 2.24. The van der Waals surface area contributed by atoms with E-state index in [0.29, 0.717) is 18.4 Å². The highest BCUT2D eigenvalue weighted by atomic mass is 19.1. The Bertz CT molecular complexity index is 681. The summed E-state index contributed by atoms with van der Waals surface area (Å²) in [6.07, 6.45) is 0.106. The molecule has 0 aromatic heterocycles. The van der Waals surface area contributed by atoms with E-state index in [2.05, 4.69) is 5.32 Å². The monoisotopic (exact) mass is 366 g/mol. The minimum Gasteiger partial charge on any atom is -0.480 e.